The van der Waals surface area contributed by atoms with Crippen LogP contribution in [0.15, 0.2) is 18.2 Å². The quantitative estimate of drug-likeness (QED) is 0.575. The maximum absolute atomic E-state index is 9.40. The Hall–Kier alpha value is -1.35. The lowest BCUT2D eigenvalue weighted by atomic mass is 10.0. The number of aromatic hydroxyl groups is 1. The van der Waals surface area contributed by atoms with Crippen LogP contribution < -0.4 is 5.73 Å². The predicted octanol–water partition coefficient (Wildman–Crippen LogP) is 1.24. The molecular formula is C9H12N2O. The number of nitrogens with two attached hydrogens (primary N) is 1. The molecule has 0 atom stereocenters. The molecule has 1 rings (SSSR count). The first-order valence-electron chi connectivity index (χ1n) is 3.73. The lowest BCUT2D eigenvalue weighted by Crippen LogP contribution is -2.04. The minimum atomic E-state index is 0.130. The van der Waals surface area contributed by atoms with E-state index < -0.39 is 0 Å². The number of rotatable bonds is 2. The molecule has 0 aromatic heterocycles. The molecule has 0 bridgehead atoms. The fourth-order valence-electron chi connectivity index (χ4n) is 1.19. The summed E-state index contributed by atoms with van der Waals surface area (Å²) in [6, 6.07) is 5.10. The Morgan fingerprint density at radius 3 is 2.67 bits per heavy atom. The standard InChI is InChI=1S/C9H12N2O/c1-6(11)9-7(5-10)3-2-4-8(9)12/h2-4,11-12H,5,10H2,1H3. The number of hydrogen-bond donors (Lipinski definition) is 3. The van der Waals surface area contributed by atoms with Gasteiger partial charge in [-0.3, -0.25) is 0 Å². The van der Waals surface area contributed by atoms with Crippen molar-refractivity contribution in [3.63, 3.8) is 0 Å². The minimum Gasteiger partial charge on any atom is -0.507 e. The lowest BCUT2D eigenvalue weighted by Gasteiger charge is -2.07. The van der Waals surface area contributed by atoms with Crippen LogP contribution in [0.1, 0.15) is 18.1 Å². The van der Waals surface area contributed by atoms with E-state index in [1.807, 2.05) is 6.07 Å². The monoisotopic (exact) mass is 164 g/mol. The Morgan fingerprint density at radius 2 is 2.25 bits per heavy atom. The molecule has 0 aliphatic heterocycles. The molecule has 3 nitrogen and oxygen atoms in total. The second-order valence-electron chi connectivity index (χ2n) is 2.64. The summed E-state index contributed by atoms with van der Waals surface area (Å²) in [7, 11) is 0. The van der Waals surface area contributed by atoms with Gasteiger partial charge in [0.05, 0.1) is 0 Å². The first-order valence-corrected chi connectivity index (χ1v) is 3.73. The van der Waals surface area contributed by atoms with Crippen molar-refractivity contribution in [1.82, 2.24) is 0 Å². The van der Waals surface area contributed by atoms with Gasteiger partial charge in [-0.05, 0) is 18.6 Å². The summed E-state index contributed by atoms with van der Waals surface area (Å²) in [5, 5.41) is 16.8. The molecule has 0 saturated heterocycles. The third-order valence-electron chi connectivity index (χ3n) is 1.72. The Labute approximate surface area is 71.3 Å². The van der Waals surface area contributed by atoms with E-state index in [1.165, 1.54) is 0 Å². The zero-order valence-electron chi connectivity index (χ0n) is 6.96. The molecule has 0 fully saturated rings. The van der Waals surface area contributed by atoms with Gasteiger partial charge in [-0.25, -0.2) is 0 Å². The predicted molar refractivity (Wildman–Crippen MR) is 48.5 cm³/mol. The van der Waals surface area contributed by atoms with Gasteiger partial charge in [0, 0.05) is 17.8 Å². The molecule has 0 radical (unpaired) electrons. The molecule has 64 valence electrons. The Bertz CT molecular complexity index is 307. The molecule has 1 aromatic carbocycles. The molecule has 0 aliphatic rings. The van der Waals surface area contributed by atoms with Gasteiger partial charge >= 0.3 is 0 Å². The van der Waals surface area contributed by atoms with Crippen LogP contribution in [0.2, 0.25) is 0 Å². The first kappa shape index (κ1) is 8.74. The number of benzene rings is 1. The maximum atomic E-state index is 9.40. The van der Waals surface area contributed by atoms with Crippen molar-refractivity contribution in [3.05, 3.63) is 29.3 Å². The summed E-state index contributed by atoms with van der Waals surface area (Å²) in [5.74, 6) is 0.130. The third kappa shape index (κ3) is 1.46. The SMILES string of the molecule is CC(=N)c1c(O)cccc1CN. The molecule has 0 heterocycles. The van der Waals surface area contributed by atoms with E-state index in [9.17, 15) is 5.11 Å². The Kier molecular flexibility index (Phi) is 2.45. The van der Waals surface area contributed by atoms with Crippen LogP contribution >= 0.6 is 0 Å². The average Bonchev–Trinajstić information content (AvgIpc) is 2.03. The van der Waals surface area contributed by atoms with E-state index in [2.05, 4.69) is 0 Å². The normalized spacial score (nSPS) is 9.83. The van der Waals surface area contributed by atoms with Gasteiger partial charge in [0.15, 0.2) is 0 Å². The molecule has 0 amide bonds. The van der Waals surface area contributed by atoms with E-state index in [0.29, 0.717) is 17.8 Å². The number of nitrogens with one attached hydrogen (secondary N) is 1. The van der Waals surface area contributed by atoms with Crippen LogP contribution in [0.3, 0.4) is 0 Å². The highest BCUT2D eigenvalue weighted by molar-refractivity contribution is 6.00. The summed E-state index contributed by atoms with van der Waals surface area (Å²) < 4.78 is 0. The molecule has 0 saturated carbocycles. The van der Waals surface area contributed by atoms with Crippen LogP contribution in [-0.2, 0) is 6.54 Å². The Morgan fingerprint density at radius 1 is 1.58 bits per heavy atom. The molecule has 4 N–H and O–H groups in total. The third-order valence-corrected chi connectivity index (χ3v) is 1.72. The molecule has 1 aromatic rings. The second-order valence-corrected chi connectivity index (χ2v) is 2.64. The van der Waals surface area contributed by atoms with Gasteiger partial charge in [-0.15, -0.1) is 0 Å². The van der Waals surface area contributed by atoms with Gasteiger partial charge in [-0.2, -0.15) is 0 Å². The number of hydrogen-bond acceptors (Lipinski definition) is 3. The molecule has 0 aliphatic carbocycles. The van der Waals surface area contributed by atoms with E-state index in [4.69, 9.17) is 11.1 Å². The van der Waals surface area contributed by atoms with Crippen molar-refractivity contribution in [2.45, 2.75) is 13.5 Å². The Balaban J connectivity index is 3.29. The van der Waals surface area contributed by atoms with Crippen molar-refractivity contribution in [3.8, 4) is 5.75 Å². The highest BCUT2D eigenvalue weighted by Gasteiger charge is 2.07. The van der Waals surface area contributed by atoms with E-state index in [-0.39, 0.29) is 5.75 Å². The zero-order valence-corrected chi connectivity index (χ0v) is 6.96. The van der Waals surface area contributed by atoms with Crippen molar-refractivity contribution in [2.75, 3.05) is 0 Å². The van der Waals surface area contributed by atoms with Gasteiger partial charge in [0.1, 0.15) is 5.75 Å². The molecule has 0 spiro atoms. The van der Waals surface area contributed by atoms with Gasteiger partial charge < -0.3 is 16.2 Å². The van der Waals surface area contributed by atoms with E-state index >= 15 is 0 Å². The van der Waals surface area contributed by atoms with Crippen LogP contribution in [0, 0.1) is 5.41 Å². The van der Waals surface area contributed by atoms with Gasteiger partial charge in [-0.1, -0.05) is 12.1 Å². The molecular weight excluding hydrogens is 152 g/mol. The van der Waals surface area contributed by atoms with Crippen LogP contribution in [-0.4, -0.2) is 10.8 Å². The highest BCUT2D eigenvalue weighted by Crippen LogP contribution is 2.20. The second kappa shape index (κ2) is 3.36. The number of phenolic OH excluding ortho intramolecular Hbond substituents is 1. The van der Waals surface area contributed by atoms with Crippen molar-refractivity contribution in [1.29, 1.82) is 5.41 Å². The average molecular weight is 164 g/mol. The van der Waals surface area contributed by atoms with Crippen molar-refractivity contribution in [2.24, 2.45) is 5.73 Å². The van der Waals surface area contributed by atoms with Crippen LogP contribution in [0.5, 0.6) is 5.75 Å². The maximum Gasteiger partial charge on any atom is 0.124 e. The molecule has 3 heteroatoms. The highest BCUT2D eigenvalue weighted by atomic mass is 16.3. The first-order chi connectivity index (χ1) is 5.66. The largest absolute Gasteiger partial charge is 0.507 e. The minimum absolute atomic E-state index is 0.130. The fraction of sp³-hybridized carbons (Fsp3) is 0.222. The summed E-state index contributed by atoms with van der Waals surface area (Å²) in [6.45, 7) is 1.98. The summed E-state index contributed by atoms with van der Waals surface area (Å²) in [5.41, 5.74) is 7.15. The molecule has 12 heavy (non-hydrogen) atoms. The summed E-state index contributed by atoms with van der Waals surface area (Å²) in [6.07, 6.45) is 0. The van der Waals surface area contributed by atoms with E-state index in [0.717, 1.165) is 5.56 Å². The topological polar surface area (TPSA) is 70.1 Å². The molecule has 0 unspecified atom stereocenters. The van der Waals surface area contributed by atoms with Crippen molar-refractivity contribution >= 4 is 5.71 Å². The van der Waals surface area contributed by atoms with E-state index in [1.54, 1.807) is 19.1 Å². The summed E-state index contributed by atoms with van der Waals surface area (Å²) >= 11 is 0. The fourth-order valence-corrected chi connectivity index (χ4v) is 1.19. The smallest absolute Gasteiger partial charge is 0.124 e. The van der Waals surface area contributed by atoms with Crippen molar-refractivity contribution < 1.29 is 5.11 Å². The number of phenols is 1. The zero-order chi connectivity index (χ0) is 9.14. The van der Waals surface area contributed by atoms with Crippen LogP contribution in [0.4, 0.5) is 0 Å². The lowest BCUT2D eigenvalue weighted by molar-refractivity contribution is 0.473. The van der Waals surface area contributed by atoms with Gasteiger partial charge in [0.2, 0.25) is 0 Å². The van der Waals surface area contributed by atoms with Crippen LogP contribution in [0.25, 0.3) is 0 Å². The van der Waals surface area contributed by atoms with Gasteiger partial charge in [0.25, 0.3) is 0 Å². The summed E-state index contributed by atoms with van der Waals surface area (Å²) in [4.78, 5) is 0.